The molecule has 0 spiro atoms. The minimum absolute atomic E-state index is 0.0155. The summed E-state index contributed by atoms with van der Waals surface area (Å²) >= 11 is 0. The maximum absolute atomic E-state index is 12.0. The Labute approximate surface area is 115 Å². The fraction of sp³-hybridized carbons (Fsp3) is 0.562. The zero-order valence-electron chi connectivity index (χ0n) is 12.1. The van der Waals surface area contributed by atoms with Gasteiger partial charge in [0.15, 0.2) is 0 Å². The Morgan fingerprint density at radius 2 is 2.05 bits per heavy atom. The molecule has 1 saturated heterocycles. The minimum atomic E-state index is 0.0155. The standard InChI is InChI=1S/C16H24N2O/c1-11-7-12(2)9-14(8-11)10-13(3)18-16(19)15-5-4-6-17-15/h7-9,13,15,17H,4-6,10H2,1-3H3,(H,18,19)/t13-,15-/m0/s1. The van der Waals surface area contributed by atoms with Gasteiger partial charge in [-0.05, 0) is 52.1 Å². The van der Waals surface area contributed by atoms with E-state index in [1.807, 2.05) is 0 Å². The van der Waals surface area contributed by atoms with Crippen LogP contribution in [-0.2, 0) is 11.2 Å². The van der Waals surface area contributed by atoms with Crippen molar-refractivity contribution in [3.8, 4) is 0 Å². The van der Waals surface area contributed by atoms with Gasteiger partial charge in [0.25, 0.3) is 0 Å². The van der Waals surface area contributed by atoms with E-state index >= 15 is 0 Å². The molecule has 3 nitrogen and oxygen atoms in total. The van der Waals surface area contributed by atoms with Crippen LogP contribution < -0.4 is 10.6 Å². The lowest BCUT2D eigenvalue weighted by molar-refractivity contribution is -0.123. The zero-order chi connectivity index (χ0) is 13.8. The lowest BCUT2D eigenvalue weighted by Crippen LogP contribution is -2.44. The highest BCUT2D eigenvalue weighted by atomic mass is 16.2. The summed E-state index contributed by atoms with van der Waals surface area (Å²) < 4.78 is 0. The van der Waals surface area contributed by atoms with Crippen molar-refractivity contribution >= 4 is 5.91 Å². The highest BCUT2D eigenvalue weighted by Gasteiger charge is 2.22. The van der Waals surface area contributed by atoms with Crippen LogP contribution in [0.25, 0.3) is 0 Å². The molecule has 1 fully saturated rings. The van der Waals surface area contributed by atoms with Gasteiger partial charge in [-0.2, -0.15) is 0 Å². The average Bonchev–Trinajstić information content (AvgIpc) is 2.80. The van der Waals surface area contributed by atoms with Gasteiger partial charge in [0.2, 0.25) is 5.91 Å². The molecule has 2 atom stereocenters. The quantitative estimate of drug-likeness (QED) is 0.870. The number of nitrogens with one attached hydrogen (secondary N) is 2. The first-order chi connectivity index (χ1) is 9.04. The fourth-order valence-corrected chi connectivity index (χ4v) is 2.84. The first kappa shape index (κ1) is 14.1. The molecule has 2 rings (SSSR count). The summed E-state index contributed by atoms with van der Waals surface area (Å²) in [5.41, 5.74) is 3.86. The molecule has 0 bridgehead atoms. The van der Waals surface area contributed by atoms with E-state index in [4.69, 9.17) is 0 Å². The molecule has 3 heteroatoms. The average molecular weight is 260 g/mol. The molecule has 19 heavy (non-hydrogen) atoms. The van der Waals surface area contributed by atoms with Gasteiger partial charge in [0.1, 0.15) is 0 Å². The summed E-state index contributed by atoms with van der Waals surface area (Å²) in [6.07, 6.45) is 2.95. The Morgan fingerprint density at radius 3 is 2.63 bits per heavy atom. The third-order valence-electron chi connectivity index (χ3n) is 3.59. The SMILES string of the molecule is Cc1cc(C)cc(C[C@H](C)NC(=O)[C@@H]2CCCN2)c1. The van der Waals surface area contributed by atoms with Crippen molar-refractivity contribution in [2.24, 2.45) is 0 Å². The van der Waals surface area contributed by atoms with Gasteiger partial charge in [0.05, 0.1) is 6.04 Å². The van der Waals surface area contributed by atoms with Crippen LogP contribution in [0.2, 0.25) is 0 Å². The summed E-state index contributed by atoms with van der Waals surface area (Å²) in [6.45, 7) is 7.26. The molecule has 1 aliphatic heterocycles. The Balaban J connectivity index is 1.89. The maximum Gasteiger partial charge on any atom is 0.237 e. The predicted molar refractivity (Wildman–Crippen MR) is 78.2 cm³/mol. The van der Waals surface area contributed by atoms with Crippen LogP contribution in [-0.4, -0.2) is 24.5 Å². The van der Waals surface area contributed by atoms with E-state index in [-0.39, 0.29) is 18.0 Å². The number of rotatable bonds is 4. The van der Waals surface area contributed by atoms with Crippen LogP contribution in [0.3, 0.4) is 0 Å². The van der Waals surface area contributed by atoms with Gasteiger partial charge >= 0.3 is 0 Å². The summed E-state index contributed by atoms with van der Waals surface area (Å²) in [5.74, 6) is 0.148. The second-order valence-corrected chi connectivity index (χ2v) is 5.76. The van der Waals surface area contributed by atoms with E-state index < -0.39 is 0 Å². The Morgan fingerprint density at radius 1 is 1.37 bits per heavy atom. The highest BCUT2D eigenvalue weighted by Crippen LogP contribution is 2.11. The molecule has 104 valence electrons. The minimum Gasteiger partial charge on any atom is -0.352 e. The molecule has 0 saturated carbocycles. The Bertz CT molecular complexity index is 430. The van der Waals surface area contributed by atoms with Gasteiger partial charge in [-0.15, -0.1) is 0 Å². The van der Waals surface area contributed by atoms with Crippen LogP contribution in [0, 0.1) is 13.8 Å². The van der Waals surface area contributed by atoms with E-state index in [1.54, 1.807) is 0 Å². The van der Waals surface area contributed by atoms with Crippen molar-refractivity contribution in [3.05, 3.63) is 34.9 Å². The Hall–Kier alpha value is -1.35. The second kappa shape index (κ2) is 6.20. The third kappa shape index (κ3) is 4.06. The monoisotopic (exact) mass is 260 g/mol. The van der Waals surface area contributed by atoms with Crippen molar-refractivity contribution in [2.45, 2.75) is 52.1 Å². The molecule has 0 aliphatic carbocycles. The second-order valence-electron chi connectivity index (χ2n) is 5.76. The van der Waals surface area contributed by atoms with Crippen molar-refractivity contribution in [3.63, 3.8) is 0 Å². The van der Waals surface area contributed by atoms with Crippen LogP contribution in [0.1, 0.15) is 36.5 Å². The Kier molecular flexibility index (Phi) is 4.59. The highest BCUT2D eigenvalue weighted by molar-refractivity contribution is 5.82. The lowest BCUT2D eigenvalue weighted by Gasteiger charge is -2.18. The zero-order valence-corrected chi connectivity index (χ0v) is 12.1. The molecule has 1 heterocycles. The molecule has 2 N–H and O–H groups in total. The predicted octanol–water partition coefficient (Wildman–Crippen LogP) is 2.10. The van der Waals surface area contributed by atoms with Gasteiger partial charge in [0, 0.05) is 6.04 Å². The summed E-state index contributed by atoms with van der Waals surface area (Å²) in [6, 6.07) is 6.76. The van der Waals surface area contributed by atoms with E-state index in [1.165, 1.54) is 16.7 Å². The van der Waals surface area contributed by atoms with Crippen LogP contribution >= 0.6 is 0 Å². The van der Waals surface area contributed by atoms with E-state index in [0.717, 1.165) is 25.8 Å². The number of carbonyl (C=O) groups excluding carboxylic acids is 1. The number of hydrogen-bond donors (Lipinski definition) is 2. The number of benzene rings is 1. The normalized spacial score (nSPS) is 20.3. The third-order valence-corrected chi connectivity index (χ3v) is 3.59. The van der Waals surface area contributed by atoms with Crippen molar-refractivity contribution in [1.82, 2.24) is 10.6 Å². The summed E-state index contributed by atoms with van der Waals surface area (Å²) in [4.78, 5) is 12.0. The molecule has 1 aromatic carbocycles. The number of carbonyl (C=O) groups is 1. The topological polar surface area (TPSA) is 41.1 Å². The van der Waals surface area contributed by atoms with Gasteiger partial charge in [-0.1, -0.05) is 29.3 Å². The van der Waals surface area contributed by atoms with Gasteiger partial charge in [-0.25, -0.2) is 0 Å². The first-order valence-electron chi connectivity index (χ1n) is 7.15. The van der Waals surface area contributed by atoms with Crippen LogP contribution in [0.15, 0.2) is 18.2 Å². The first-order valence-corrected chi connectivity index (χ1v) is 7.15. The molecule has 0 radical (unpaired) electrons. The van der Waals surface area contributed by atoms with Crippen molar-refractivity contribution in [1.29, 1.82) is 0 Å². The largest absolute Gasteiger partial charge is 0.352 e. The lowest BCUT2D eigenvalue weighted by atomic mass is 10.0. The van der Waals surface area contributed by atoms with E-state index in [2.05, 4.69) is 49.6 Å². The van der Waals surface area contributed by atoms with E-state index in [0.29, 0.717) is 0 Å². The smallest absolute Gasteiger partial charge is 0.237 e. The molecule has 0 unspecified atom stereocenters. The summed E-state index contributed by atoms with van der Waals surface area (Å²) in [5, 5.41) is 6.34. The van der Waals surface area contributed by atoms with Crippen LogP contribution in [0.5, 0.6) is 0 Å². The molecule has 1 amide bonds. The number of aryl methyl sites for hydroxylation is 2. The summed E-state index contributed by atoms with van der Waals surface area (Å²) in [7, 11) is 0. The molecular formula is C16H24N2O. The molecule has 0 aromatic heterocycles. The van der Waals surface area contributed by atoms with E-state index in [9.17, 15) is 4.79 Å². The fourth-order valence-electron chi connectivity index (χ4n) is 2.84. The van der Waals surface area contributed by atoms with Crippen molar-refractivity contribution in [2.75, 3.05) is 6.54 Å². The number of amides is 1. The molecular weight excluding hydrogens is 236 g/mol. The van der Waals surface area contributed by atoms with Gasteiger partial charge < -0.3 is 10.6 Å². The van der Waals surface area contributed by atoms with Gasteiger partial charge in [-0.3, -0.25) is 4.79 Å². The van der Waals surface area contributed by atoms with Crippen molar-refractivity contribution < 1.29 is 4.79 Å². The molecule has 1 aliphatic rings. The van der Waals surface area contributed by atoms with Crippen LogP contribution in [0.4, 0.5) is 0 Å². The number of hydrogen-bond acceptors (Lipinski definition) is 2. The maximum atomic E-state index is 12.0. The molecule has 1 aromatic rings.